The van der Waals surface area contributed by atoms with Gasteiger partial charge in [-0.25, -0.2) is 13.5 Å². The summed E-state index contributed by atoms with van der Waals surface area (Å²) in [7, 11) is 11.8. The van der Waals surface area contributed by atoms with Crippen molar-refractivity contribution in [1.29, 1.82) is 0 Å². The Morgan fingerprint density at radius 3 is 2.10 bits per heavy atom. The van der Waals surface area contributed by atoms with Gasteiger partial charge in [0.25, 0.3) is 0 Å². The molecule has 1 unspecified atom stereocenters. The van der Waals surface area contributed by atoms with Crippen LogP contribution in [0.5, 0.6) is 5.75 Å². The van der Waals surface area contributed by atoms with Gasteiger partial charge < -0.3 is 9.84 Å². The number of alkyl halides is 5. The predicted octanol–water partition coefficient (Wildman–Crippen LogP) is 3.58. The van der Waals surface area contributed by atoms with E-state index in [0.717, 1.165) is 18.3 Å². The number of rotatable bonds is 8. The number of nitrogens with zero attached hydrogens (tertiary/aromatic N) is 5. The van der Waals surface area contributed by atoms with Crippen molar-refractivity contribution in [2.75, 3.05) is 6.61 Å². The van der Waals surface area contributed by atoms with E-state index >= 15 is 8.78 Å². The molecule has 4 radical (unpaired) electrons. The first kappa shape index (κ1) is 28.1. The lowest BCUT2D eigenvalue weighted by Crippen LogP contribution is -2.63. The van der Waals surface area contributed by atoms with Gasteiger partial charge in [-0.15, -0.1) is 5.10 Å². The van der Waals surface area contributed by atoms with E-state index in [-0.39, 0.29) is 17.4 Å². The molecule has 198 valence electrons. The molecule has 16 heteroatoms. The van der Waals surface area contributed by atoms with E-state index < -0.39 is 52.5 Å². The Balaban J connectivity index is 1.72. The number of pyridine rings is 1. The molecule has 0 aliphatic carbocycles. The lowest BCUT2D eigenvalue weighted by atomic mass is 9.49. The summed E-state index contributed by atoms with van der Waals surface area (Å²) >= 11 is 0. The van der Waals surface area contributed by atoms with Gasteiger partial charge in [0.15, 0.2) is 12.2 Å². The van der Waals surface area contributed by atoms with Crippen LogP contribution in [-0.2, 0) is 16.9 Å². The third-order valence-electron chi connectivity index (χ3n) is 5.76. The number of halogens is 7. The quantitative estimate of drug-likeness (QED) is 0.269. The van der Waals surface area contributed by atoms with Crippen LogP contribution in [0.2, 0.25) is 0 Å². The minimum absolute atomic E-state index is 0.0802. The maximum atomic E-state index is 16.1. The van der Waals surface area contributed by atoms with Gasteiger partial charge >= 0.3 is 12.1 Å². The van der Waals surface area contributed by atoms with Crippen LogP contribution in [-0.4, -0.2) is 58.8 Å². The summed E-state index contributed by atoms with van der Waals surface area (Å²) in [5.41, 5.74) is -5.50. The van der Waals surface area contributed by atoms with Crippen molar-refractivity contribution in [2.45, 2.75) is 23.0 Å². The zero-order chi connectivity index (χ0) is 28.6. The molecule has 2 heterocycles. The Labute approximate surface area is 218 Å². The zero-order valence-corrected chi connectivity index (χ0v) is 19.4. The standard InChI is InChI=1S/C23H14B2F7N5O2/c24-23(25,37-12-34-35-36-37)21(38,17-7-4-15(26)9-18(17)27)22(31,32)19-8-3-14(10-33-19)13-1-5-16(6-2-13)39-11-20(28,29)30/h1-10,12,38H,11H2. The van der Waals surface area contributed by atoms with Crippen LogP contribution in [0.4, 0.5) is 30.7 Å². The fourth-order valence-corrected chi connectivity index (χ4v) is 3.76. The topological polar surface area (TPSA) is 86.0 Å². The van der Waals surface area contributed by atoms with E-state index in [9.17, 15) is 27.1 Å². The predicted molar refractivity (Wildman–Crippen MR) is 123 cm³/mol. The number of aromatic nitrogens is 5. The highest BCUT2D eigenvalue weighted by atomic mass is 19.4. The maximum Gasteiger partial charge on any atom is 0.422 e. The fraction of sp³-hybridized carbons (Fsp3) is 0.217. The van der Waals surface area contributed by atoms with Crippen molar-refractivity contribution in [1.82, 2.24) is 25.2 Å². The Morgan fingerprint density at radius 1 is 0.897 bits per heavy atom. The van der Waals surface area contributed by atoms with E-state index in [0.29, 0.717) is 28.7 Å². The van der Waals surface area contributed by atoms with Crippen LogP contribution in [0.1, 0.15) is 11.3 Å². The summed E-state index contributed by atoms with van der Waals surface area (Å²) in [5.74, 6) is -7.34. The molecule has 2 aromatic heterocycles. The number of aliphatic hydroxyl groups is 1. The van der Waals surface area contributed by atoms with E-state index in [2.05, 4.69) is 25.2 Å². The van der Waals surface area contributed by atoms with Gasteiger partial charge in [-0.05, 0) is 40.3 Å². The normalized spacial score (nSPS) is 14.2. The number of benzene rings is 2. The minimum atomic E-state index is -4.55. The van der Waals surface area contributed by atoms with Crippen LogP contribution in [0, 0.1) is 11.6 Å². The van der Waals surface area contributed by atoms with Crippen LogP contribution < -0.4 is 4.74 Å². The summed E-state index contributed by atoms with van der Waals surface area (Å²) in [6.07, 6.45) is -2.85. The van der Waals surface area contributed by atoms with E-state index in [4.69, 9.17) is 15.7 Å². The fourth-order valence-electron chi connectivity index (χ4n) is 3.76. The highest BCUT2D eigenvalue weighted by molar-refractivity contribution is 6.38. The van der Waals surface area contributed by atoms with Gasteiger partial charge in [0.1, 0.15) is 29.4 Å². The average molecular weight is 547 g/mol. The van der Waals surface area contributed by atoms with Gasteiger partial charge in [-0.2, -0.15) is 22.0 Å². The van der Waals surface area contributed by atoms with Crippen molar-refractivity contribution in [2.24, 2.45) is 0 Å². The number of tetrazole rings is 1. The smallest absolute Gasteiger partial charge is 0.422 e. The SMILES string of the molecule is [B]C([B])(n1cnnn1)C(O)(c1ccc(F)cc1F)C(F)(F)c1ccc(-c2ccc(OCC(F)(F)F)cc2)cn1. The molecular formula is C23H14B2F7N5O2. The Morgan fingerprint density at radius 2 is 1.56 bits per heavy atom. The van der Waals surface area contributed by atoms with E-state index in [1.165, 1.54) is 24.3 Å². The average Bonchev–Trinajstić information content (AvgIpc) is 3.43. The van der Waals surface area contributed by atoms with Gasteiger partial charge in [-0.1, -0.05) is 24.3 Å². The summed E-state index contributed by atoms with van der Waals surface area (Å²) in [4.78, 5) is 3.69. The molecule has 0 amide bonds. The van der Waals surface area contributed by atoms with Crippen molar-refractivity contribution >= 4 is 15.7 Å². The van der Waals surface area contributed by atoms with Crippen molar-refractivity contribution < 1.29 is 40.6 Å². The van der Waals surface area contributed by atoms with E-state index in [1.54, 1.807) is 0 Å². The lowest BCUT2D eigenvalue weighted by Gasteiger charge is -2.47. The first-order valence-corrected chi connectivity index (χ1v) is 10.8. The summed E-state index contributed by atoms with van der Waals surface area (Å²) in [6, 6.07) is 8.60. The van der Waals surface area contributed by atoms with Crippen LogP contribution in [0.25, 0.3) is 11.1 Å². The summed E-state index contributed by atoms with van der Waals surface area (Å²) in [6.45, 7) is -1.50. The molecule has 1 N–H and O–H groups in total. The molecular weight excluding hydrogens is 533 g/mol. The summed E-state index contributed by atoms with van der Waals surface area (Å²) < 4.78 is 103. The molecule has 0 aliphatic rings. The molecule has 7 nitrogen and oxygen atoms in total. The van der Waals surface area contributed by atoms with Gasteiger partial charge in [0.2, 0.25) is 0 Å². The molecule has 0 bridgehead atoms. The molecule has 0 saturated heterocycles. The largest absolute Gasteiger partial charge is 0.484 e. The zero-order valence-electron chi connectivity index (χ0n) is 19.4. The molecule has 1 atom stereocenters. The number of hydrogen-bond donors (Lipinski definition) is 1. The van der Waals surface area contributed by atoms with Crippen LogP contribution in [0.15, 0.2) is 67.1 Å². The second-order valence-corrected chi connectivity index (χ2v) is 8.35. The van der Waals surface area contributed by atoms with Crippen molar-refractivity contribution in [3.8, 4) is 16.9 Å². The second kappa shape index (κ2) is 9.98. The molecule has 0 saturated carbocycles. The van der Waals surface area contributed by atoms with Gasteiger partial charge in [-0.3, -0.25) is 4.98 Å². The molecule has 0 spiro atoms. The molecule has 4 aromatic rings. The molecule has 0 fully saturated rings. The van der Waals surface area contributed by atoms with E-state index in [1.807, 2.05) is 0 Å². The first-order valence-electron chi connectivity index (χ1n) is 10.8. The monoisotopic (exact) mass is 547 g/mol. The third-order valence-corrected chi connectivity index (χ3v) is 5.76. The Hall–Kier alpha value is -3.94. The van der Waals surface area contributed by atoms with Gasteiger partial charge in [0, 0.05) is 28.7 Å². The second-order valence-electron chi connectivity index (χ2n) is 8.35. The van der Waals surface area contributed by atoms with Crippen LogP contribution >= 0.6 is 0 Å². The first-order chi connectivity index (χ1) is 18.2. The minimum Gasteiger partial charge on any atom is -0.484 e. The maximum absolute atomic E-state index is 16.1. The van der Waals surface area contributed by atoms with Crippen molar-refractivity contribution in [3.05, 3.63) is 90.0 Å². The molecule has 39 heavy (non-hydrogen) atoms. The highest BCUT2D eigenvalue weighted by Crippen LogP contribution is 2.52. The van der Waals surface area contributed by atoms with Gasteiger partial charge in [0.05, 0.1) is 15.7 Å². The Bertz CT molecular complexity index is 1440. The van der Waals surface area contributed by atoms with Crippen molar-refractivity contribution in [3.63, 3.8) is 0 Å². The number of hydrogen-bond acceptors (Lipinski definition) is 6. The summed E-state index contributed by atoms with van der Waals surface area (Å²) in [5, 5.41) is 18.2. The van der Waals surface area contributed by atoms with Crippen LogP contribution in [0.3, 0.4) is 0 Å². The Kier molecular flexibility index (Phi) is 7.19. The number of ether oxygens (including phenoxy) is 1. The highest BCUT2D eigenvalue weighted by Gasteiger charge is 2.65. The molecule has 2 aromatic carbocycles. The molecule has 0 aliphatic heterocycles. The molecule has 4 rings (SSSR count). The third kappa shape index (κ3) is 5.20. The lowest BCUT2D eigenvalue weighted by molar-refractivity contribution is -0.220.